The summed E-state index contributed by atoms with van der Waals surface area (Å²) in [5.74, 6) is -0.721. The van der Waals surface area contributed by atoms with Crippen molar-refractivity contribution in [1.82, 2.24) is 4.90 Å². The van der Waals surface area contributed by atoms with Crippen molar-refractivity contribution in [3.8, 4) is 0 Å². The minimum Gasteiger partial charge on any atom is -0.457 e. The number of rotatable bonds is 2. The third-order valence-electron chi connectivity index (χ3n) is 3.44. The Bertz CT molecular complexity index is 327. The Labute approximate surface area is 88.0 Å². The second-order valence-corrected chi connectivity index (χ2v) is 4.57. The Morgan fingerprint density at radius 1 is 1.53 bits per heavy atom. The number of likely N-dealkylation sites (N-methyl/N-ethyl adjacent to an activating group) is 1. The molecule has 2 rings (SSSR count). The van der Waals surface area contributed by atoms with E-state index in [-0.39, 0.29) is 18.2 Å². The van der Waals surface area contributed by atoms with Crippen LogP contribution in [-0.2, 0) is 14.3 Å². The van der Waals surface area contributed by atoms with Gasteiger partial charge in [0.1, 0.15) is 6.10 Å². The van der Waals surface area contributed by atoms with Gasteiger partial charge in [-0.05, 0) is 5.92 Å². The fraction of sp³-hybridized carbons (Fsp3) is 0.800. The molecule has 2 aliphatic heterocycles. The average molecular weight is 213 g/mol. The van der Waals surface area contributed by atoms with Crippen LogP contribution in [0.5, 0.6) is 0 Å². The molecule has 3 atom stereocenters. The standard InChI is InChI=1S/C10H15NO4/c1-5(2)8(13)10-6(15-9(10)14)4-7(12)11(10)3/h5-6,8,13H,4H2,1-3H3. The van der Waals surface area contributed by atoms with Gasteiger partial charge in [0.15, 0.2) is 0 Å². The number of amides is 1. The smallest absolute Gasteiger partial charge is 0.339 e. The molecule has 5 heteroatoms. The molecule has 1 amide bonds. The number of hydrogen-bond acceptors (Lipinski definition) is 4. The number of aliphatic hydroxyl groups is 1. The molecular formula is C10H15NO4. The van der Waals surface area contributed by atoms with Crippen LogP contribution in [0.25, 0.3) is 0 Å². The van der Waals surface area contributed by atoms with Crippen molar-refractivity contribution in [2.45, 2.75) is 38.0 Å². The Morgan fingerprint density at radius 3 is 2.53 bits per heavy atom. The summed E-state index contributed by atoms with van der Waals surface area (Å²) in [6.45, 7) is 3.64. The zero-order valence-corrected chi connectivity index (χ0v) is 9.06. The number of carbonyl (C=O) groups is 2. The monoisotopic (exact) mass is 213 g/mol. The lowest BCUT2D eigenvalue weighted by Gasteiger charge is -2.49. The number of nitrogens with zero attached hydrogens (tertiary/aromatic N) is 1. The molecule has 2 aliphatic rings. The summed E-state index contributed by atoms with van der Waals surface area (Å²) < 4.78 is 4.92. The van der Waals surface area contributed by atoms with Crippen LogP contribution < -0.4 is 0 Å². The molecule has 2 fully saturated rings. The molecule has 84 valence electrons. The van der Waals surface area contributed by atoms with Gasteiger partial charge in [-0.2, -0.15) is 0 Å². The normalized spacial score (nSPS) is 36.3. The molecule has 0 aromatic carbocycles. The number of ether oxygens (including phenoxy) is 1. The Hall–Kier alpha value is -1.10. The lowest BCUT2D eigenvalue weighted by atomic mass is 9.77. The first-order valence-electron chi connectivity index (χ1n) is 5.08. The van der Waals surface area contributed by atoms with Gasteiger partial charge in [0, 0.05) is 7.05 Å². The second kappa shape index (κ2) is 2.95. The molecule has 1 N–H and O–H groups in total. The van der Waals surface area contributed by atoms with E-state index in [1.54, 1.807) is 7.05 Å². The van der Waals surface area contributed by atoms with Crippen molar-refractivity contribution >= 4 is 11.9 Å². The van der Waals surface area contributed by atoms with Gasteiger partial charge in [-0.1, -0.05) is 13.8 Å². The van der Waals surface area contributed by atoms with Gasteiger partial charge in [0.05, 0.1) is 12.5 Å². The van der Waals surface area contributed by atoms with Crippen LogP contribution in [0.4, 0.5) is 0 Å². The van der Waals surface area contributed by atoms with Crippen LogP contribution in [-0.4, -0.2) is 46.7 Å². The van der Waals surface area contributed by atoms with E-state index in [4.69, 9.17) is 4.74 Å². The van der Waals surface area contributed by atoms with Gasteiger partial charge in [-0.15, -0.1) is 0 Å². The van der Waals surface area contributed by atoms with Crippen LogP contribution in [0.1, 0.15) is 20.3 Å². The highest BCUT2D eigenvalue weighted by atomic mass is 16.6. The van der Waals surface area contributed by atoms with Gasteiger partial charge in [-0.3, -0.25) is 4.79 Å². The predicted molar refractivity (Wildman–Crippen MR) is 50.8 cm³/mol. The molecule has 0 aromatic heterocycles. The Morgan fingerprint density at radius 2 is 2.13 bits per heavy atom. The summed E-state index contributed by atoms with van der Waals surface area (Å²) >= 11 is 0. The molecule has 15 heavy (non-hydrogen) atoms. The van der Waals surface area contributed by atoms with Crippen LogP contribution >= 0.6 is 0 Å². The molecule has 0 spiro atoms. The van der Waals surface area contributed by atoms with Crippen molar-refractivity contribution in [3.63, 3.8) is 0 Å². The fourth-order valence-corrected chi connectivity index (χ4v) is 2.46. The molecule has 0 aromatic rings. The Balaban J connectivity index is 2.38. The zero-order chi connectivity index (χ0) is 11.4. The van der Waals surface area contributed by atoms with Crippen LogP contribution in [0, 0.1) is 5.92 Å². The molecule has 0 bridgehead atoms. The molecule has 0 aliphatic carbocycles. The highest BCUT2D eigenvalue weighted by molar-refractivity contribution is 5.98. The zero-order valence-electron chi connectivity index (χ0n) is 9.06. The first-order valence-corrected chi connectivity index (χ1v) is 5.08. The van der Waals surface area contributed by atoms with E-state index in [0.29, 0.717) is 0 Å². The summed E-state index contributed by atoms with van der Waals surface area (Å²) in [5, 5.41) is 10.1. The van der Waals surface area contributed by atoms with Gasteiger partial charge in [0.25, 0.3) is 0 Å². The summed E-state index contributed by atoms with van der Waals surface area (Å²) in [4.78, 5) is 24.4. The van der Waals surface area contributed by atoms with Gasteiger partial charge in [-0.25, -0.2) is 4.79 Å². The first-order chi connectivity index (χ1) is 6.92. The van der Waals surface area contributed by atoms with Gasteiger partial charge in [0.2, 0.25) is 11.4 Å². The number of aliphatic hydroxyl groups excluding tert-OH is 1. The number of carbonyl (C=O) groups excluding carboxylic acids is 2. The summed E-state index contributed by atoms with van der Waals surface area (Å²) in [6.07, 6.45) is -1.15. The minimum atomic E-state index is -1.12. The van der Waals surface area contributed by atoms with Crippen molar-refractivity contribution < 1.29 is 19.4 Å². The minimum absolute atomic E-state index is 0.0892. The first kappa shape index (κ1) is 10.4. The topological polar surface area (TPSA) is 66.8 Å². The van der Waals surface area contributed by atoms with E-state index in [2.05, 4.69) is 0 Å². The number of hydrogen-bond donors (Lipinski definition) is 1. The maximum Gasteiger partial charge on any atom is 0.339 e. The lowest BCUT2D eigenvalue weighted by molar-refractivity contribution is -0.217. The largest absolute Gasteiger partial charge is 0.457 e. The maximum absolute atomic E-state index is 11.6. The third kappa shape index (κ3) is 1.01. The molecular weight excluding hydrogens is 198 g/mol. The van der Waals surface area contributed by atoms with Crippen molar-refractivity contribution in [2.75, 3.05) is 7.05 Å². The van der Waals surface area contributed by atoms with E-state index in [1.165, 1.54) is 4.90 Å². The lowest BCUT2D eigenvalue weighted by Crippen LogP contribution is -2.73. The number of likely N-dealkylation sites (tertiary alicyclic amines) is 1. The number of fused-ring (bicyclic) bond motifs is 1. The van der Waals surface area contributed by atoms with Crippen LogP contribution in [0.15, 0.2) is 0 Å². The highest BCUT2D eigenvalue weighted by Crippen LogP contribution is 2.45. The van der Waals surface area contributed by atoms with Crippen molar-refractivity contribution in [1.29, 1.82) is 0 Å². The molecule has 2 saturated heterocycles. The summed E-state index contributed by atoms with van der Waals surface area (Å²) in [7, 11) is 1.55. The van der Waals surface area contributed by atoms with Gasteiger partial charge >= 0.3 is 5.97 Å². The fourth-order valence-electron chi connectivity index (χ4n) is 2.46. The summed E-state index contributed by atoms with van der Waals surface area (Å²) in [6, 6.07) is 0. The maximum atomic E-state index is 11.6. The quantitative estimate of drug-likeness (QED) is 0.630. The summed E-state index contributed by atoms with van der Waals surface area (Å²) in [5.41, 5.74) is -1.12. The van der Waals surface area contributed by atoms with E-state index in [0.717, 1.165) is 0 Å². The van der Waals surface area contributed by atoms with E-state index in [1.807, 2.05) is 13.8 Å². The number of esters is 1. The SMILES string of the molecule is CC(C)C(O)C12C(=O)OC1CC(=O)N2C. The molecule has 2 heterocycles. The second-order valence-electron chi connectivity index (χ2n) is 4.57. The third-order valence-corrected chi connectivity index (χ3v) is 3.44. The molecule has 3 unspecified atom stereocenters. The highest BCUT2D eigenvalue weighted by Gasteiger charge is 2.71. The van der Waals surface area contributed by atoms with Crippen molar-refractivity contribution in [3.05, 3.63) is 0 Å². The van der Waals surface area contributed by atoms with Crippen molar-refractivity contribution in [2.24, 2.45) is 5.92 Å². The van der Waals surface area contributed by atoms with E-state index in [9.17, 15) is 14.7 Å². The van der Waals surface area contributed by atoms with E-state index >= 15 is 0 Å². The Kier molecular flexibility index (Phi) is 2.05. The molecule has 0 saturated carbocycles. The van der Waals surface area contributed by atoms with Crippen LogP contribution in [0.2, 0.25) is 0 Å². The van der Waals surface area contributed by atoms with E-state index < -0.39 is 23.7 Å². The average Bonchev–Trinajstić information content (AvgIpc) is 2.34. The molecule has 0 radical (unpaired) electrons. The van der Waals surface area contributed by atoms with Crippen LogP contribution in [0.3, 0.4) is 0 Å². The van der Waals surface area contributed by atoms with Gasteiger partial charge < -0.3 is 14.7 Å². The predicted octanol–water partition coefficient (Wildman–Crippen LogP) is -0.470. The molecule has 5 nitrogen and oxygen atoms in total.